The Morgan fingerprint density at radius 1 is 1.21 bits per heavy atom. The molecule has 0 aliphatic carbocycles. The first-order valence-corrected chi connectivity index (χ1v) is 10.0. The Hall–Kier alpha value is -2.97. The highest BCUT2D eigenvalue weighted by molar-refractivity contribution is 8.26. The second-order valence-corrected chi connectivity index (χ2v) is 8.10. The van der Waals surface area contributed by atoms with Gasteiger partial charge in [0.2, 0.25) is 5.91 Å². The van der Waals surface area contributed by atoms with Crippen molar-refractivity contribution in [3.05, 3.63) is 70.1 Å². The van der Waals surface area contributed by atoms with Crippen LogP contribution in [0, 0.1) is 6.92 Å². The summed E-state index contributed by atoms with van der Waals surface area (Å²) in [7, 11) is 0. The summed E-state index contributed by atoms with van der Waals surface area (Å²) in [6.07, 6.45) is 1.83. The number of carboxylic acids is 1. The maximum Gasteiger partial charge on any atom is 0.335 e. The van der Waals surface area contributed by atoms with E-state index in [2.05, 4.69) is 5.32 Å². The maximum atomic E-state index is 12.6. The summed E-state index contributed by atoms with van der Waals surface area (Å²) < 4.78 is 0.411. The molecule has 0 bridgehead atoms. The standard InChI is InChI=1S/C21H18N2O4S2/c1-13-5-7-14(8-6-13)11-17-19(25)23(21(28)29-17)10-9-18(24)22-16-4-2-3-15(12-16)20(26)27/h2-8,11-12H,9-10H2,1H3,(H,22,24)(H,26,27)/b17-11-. The van der Waals surface area contributed by atoms with Crippen molar-refractivity contribution in [3.8, 4) is 0 Å². The van der Waals surface area contributed by atoms with Crippen molar-refractivity contribution in [2.45, 2.75) is 13.3 Å². The van der Waals surface area contributed by atoms with Gasteiger partial charge in [-0.05, 0) is 36.8 Å². The number of thiocarbonyl (C=S) groups is 1. The Balaban J connectivity index is 1.60. The van der Waals surface area contributed by atoms with Gasteiger partial charge in [0.25, 0.3) is 5.91 Å². The summed E-state index contributed by atoms with van der Waals surface area (Å²) in [5.41, 5.74) is 2.52. The summed E-state index contributed by atoms with van der Waals surface area (Å²) >= 11 is 6.50. The Morgan fingerprint density at radius 3 is 2.62 bits per heavy atom. The van der Waals surface area contributed by atoms with Gasteiger partial charge in [-0.25, -0.2) is 4.79 Å². The fourth-order valence-corrected chi connectivity index (χ4v) is 3.98. The van der Waals surface area contributed by atoms with Gasteiger partial charge in [0.05, 0.1) is 10.5 Å². The number of nitrogens with zero attached hydrogens (tertiary/aromatic N) is 1. The van der Waals surface area contributed by atoms with Crippen molar-refractivity contribution in [1.82, 2.24) is 4.90 Å². The molecule has 0 saturated carbocycles. The van der Waals surface area contributed by atoms with Crippen LogP contribution in [-0.2, 0) is 9.59 Å². The number of carbonyl (C=O) groups excluding carboxylic acids is 2. The normalized spacial score (nSPS) is 15.1. The predicted octanol–water partition coefficient (Wildman–Crippen LogP) is 3.92. The van der Waals surface area contributed by atoms with Crippen LogP contribution in [0.1, 0.15) is 27.9 Å². The average molecular weight is 427 g/mol. The molecule has 1 saturated heterocycles. The first kappa shape index (κ1) is 20.8. The molecule has 1 fully saturated rings. The molecular formula is C21H18N2O4S2. The minimum absolute atomic E-state index is 0.0432. The van der Waals surface area contributed by atoms with Crippen LogP contribution in [0.4, 0.5) is 5.69 Å². The number of amides is 2. The van der Waals surface area contributed by atoms with E-state index < -0.39 is 5.97 Å². The quantitative estimate of drug-likeness (QED) is 0.538. The minimum atomic E-state index is -1.07. The first-order chi connectivity index (χ1) is 13.8. The van der Waals surface area contributed by atoms with Crippen molar-refractivity contribution < 1.29 is 19.5 Å². The number of aryl methyl sites for hydroxylation is 1. The molecule has 0 radical (unpaired) electrons. The summed E-state index contributed by atoms with van der Waals surface area (Å²) in [6, 6.07) is 13.8. The van der Waals surface area contributed by atoms with Gasteiger partial charge in [0, 0.05) is 18.7 Å². The van der Waals surface area contributed by atoms with E-state index >= 15 is 0 Å². The van der Waals surface area contributed by atoms with Crippen molar-refractivity contribution >= 4 is 57.8 Å². The van der Waals surface area contributed by atoms with Gasteiger partial charge < -0.3 is 10.4 Å². The van der Waals surface area contributed by atoms with E-state index in [0.717, 1.165) is 11.1 Å². The third-order valence-electron chi connectivity index (χ3n) is 4.20. The molecule has 3 rings (SSSR count). The second-order valence-electron chi connectivity index (χ2n) is 6.43. The van der Waals surface area contributed by atoms with Gasteiger partial charge in [-0.3, -0.25) is 14.5 Å². The zero-order chi connectivity index (χ0) is 21.0. The van der Waals surface area contributed by atoms with Crippen LogP contribution in [0.25, 0.3) is 6.08 Å². The molecule has 1 aliphatic heterocycles. The third kappa shape index (κ3) is 5.30. The van der Waals surface area contributed by atoms with E-state index in [1.807, 2.05) is 31.2 Å². The monoisotopic (exact) mass is 426 g/mol. The highest BCUT2D eigenvalue weighted by Crippen LogP contribution is 2.32. The largest absolute Gasteiger partial charge is 0.478 e. The molecule has 148 valence electrons. The number of carbonyl (C=O) groups is 3. The Labute approximate surface area is 177 Å². The zero-order valence-corrected chi connectivity index (χ0v) is 17.2. The predicted molar refractivity (Wildman–Crippen MR) is 118 cm³/mol. The fourth-order valence-electron chi connectivity index (χ4n) is 2.67. The average Bonchev–Trinajstić information content (AvgIpc) is 2.95. The van der Waals surface area contributed by atoms with E-state index in [9.17, 15) is 14.4 Å². The van der Waals surface area contributed by atoms with E-state index in [1.165, 1.54) is 28.8 Å². The number of nitrogens with one attached hydrogen (secondary N) is 1. The molecule has 0 spiro atoms. The molecule has 0 unspecified atom stereocenters. The lowest BCUT2D eigenvalue weighted by molar-refractivity contribution is -0.122. The number of hydrogen-bond donors (Lipinski definition) is 2. The molecule has 2 N–H and O–H groups in total. The molecule has 6 nitrogen and oxygen atoms in total. The molecular weight excluding hydrogens is 408 g/mol. The molecule has 2 amide bonds. The molecule has 1 aliphatic rings. The maximum absolute atomic E-state index is 12.6. The second kappa shape index (κ2) is 9.02. The van der Waals surface area contributed by atoms with Crippen LogP contribution < -0.4 is 5.32 Å². The molecule has 29 heavy (non-hydrogen) atoms. The van der Waals surface area contributed by atoms with Gasteiger partial charge in [-0.1, -0.05) is 59.9 Å². The van der Waals surface area contributed by atoms with E-state index in [1.54, 1.807) is 18.2 Å². The summed E-state index contributed by atoms with van der Waals surface area (Å²) in [5, 5.41) is 11.7. The number of rotatable bonds is 6. The Bertz CT molecular complexity index is 1020. The van der Waals surface area contributed by atoms with Crippen LogP contribution >= 0.6 is 24.0 Å². The number of carboxylic acid groups (broad SMARTS) is 1. The smallest absolute Gasteiger partial charge is 0.335 e. The SMILES string of the molecule is Cc1ccc(/C=C2\SC(=S)N(CCC(=O)Nc3cccc(C(=O)O)c3)C2=O)cc1. The van der Waals surface area contributed by atoms with Gasteiger partial charge in [-0.15, -0.1) is 0 Å². The first-order valence-electron chi connectivity index (χ1n) is 8.79. The summed E-state index contributed by atoms with van der Waals surface area (Å²) in [6.45, 7) is 2.15. The lowest BCUT2D eigenvalue weighted by atomic mass is 10.1. The van der Waals surface area contributed by atoms with Crippen LogP contribution in [-0.4, -0.2) is 38.7 Å². The van der Waals surface area contributed by atoms with Crippen LogP contribution in [0.2, 0.25) is 0 Å². The Morgan fingerprint density at radius 2 is 1.93 bits per heavy atom. The third-order valence-corrected chi connectivity index (χ3v) is 5.58. The topological polar surface area (TPSA) is 86.7 Å². The van der Waals surface area contributed by atoms with E-state index in [-0.39, 0.29) is 30.3 Å². The molecule has 2 aromatic rings. The van der Waals surface area contributed by atoms with Crippen molar-refractivity contribution in [2.24, 2.45) is 0 Å². The number of thioether (sulfide) groups is 1. The molecule has 1 heterocycles. The highest BCUT2D eigenvalue weighted by atomic mass is 32.2. The number of benzene rings is 2. The van der Waals surface area contributed by atoms with Gasteiger partial charge in [0.15, 0.2) is 0 Å². The van der Waals surface area contributed by atoms with Crippen LogP contribution in [0.15, 0.2) is 53.4 Å². The number of anilines is 1. The van der Waals surface area contributed by atoms with Crippen molar-refractivity contribution in [1.29, 1.82) is 0 Å². The molecule has 0 atom stereocenters. The molecule has 0 aromatic heterocycles. The Kier molecular flexibility index (Phi) is 6.46. The van der Waals surface area contributed by atoms with Gasteiger partial charge in [-0.2, -0.15) is 0 Å². The lowest BCUT2D eigenvalue weighted by Crippen LogP contribution is -2.31. The van der Waals surface area contributed by atoms with Gasteiger partial charge in [0.1, 0.15) is 4.32 Å². The van der Waals surface area contributed by atoms with Gasteiger partial charge >= 0.3 is 5.97 Å². The summed E-state index contributed by atoms with van der Waals surface area (Å²) in [4.78, 5) is 37.8. The van der Waals surface area contributed by atoms with Crippen LogP contribution in [0.3, 0.4) is 0 Å². The lowest BCUT2D eigenvalue weighted by Gasteiger charge is -2.14. The van der Waals surface area contributed by atoms with Crippen molar-refractivity contribution in [3.63, 3.8) is 0 Å². The van der Waals surface area contributed by atoms with E-state index in [0.29, 0.717) is 14.9 Å². The zero-order valence-electron chi connectivity index (χ0n) is 15.5. The van der Waals surface area contributed by atoms with Crippen molar-refractivity contribution in [2.75, 3.05) is 11.9 Å². The summed E-state index contributed by atoms with van der Waals surface area (Å²) in [5.74, 6) is -1.62. The number of hydrogen-bond acceptors (Lipinski definition) is 5. The number of aromatic carboxylic acids is 1. The van der Waals surface area contributed by atoms with Crippen LogP contribution in [0.5, 0.6) is 0 Å². The van der Waals surface area contributed by atoms with E-state index in [4.69, 9.17) is 17.3 Å². The fraction of sp³-hybridized carbons (Fsp3) is 0.143. The highest BCUT2D eigenvalue weighted by Gasteiger charge is 2.32. The minimum Gasteiger partial charge on any atom is -0.478 e. The molecule has 8 heteroatoms. The molecule has 2 aromatic carbocycles.